The Morgan fingerprint density at radius 2 is 1.92 bits per heavy atom. The lowest BCUT2D eigenvalue weighted by atomic mass is 10.1. The van der Waals surface area contributed by atoms with E-state index in [-0.39, 0.29) is 17.3 Å². The van der Waals surface area contributed by atoms with Crippen molar-refractivity contribution in [2.75, 3.05) is 17.6 Å². The van der Waals surface area contributed by atoms with Crippen molar-refractivity contribution in [2.45, 2.75) is 19.5 Å². The lowest BCUT2D eigenvalue weighted by Gasteiger charge is -2.13. The molecular weight excluding hydrogens is 319 g/mol. The second kappa shape index (κ2) is 7.25. The summed E-state index contributed by atoms with van der Waals surface area (Å²) in [6.45, 7) is 2.50. The molecule has 0 saturated carbocycles. The van der Waals surface area contributed by atoms with Gasteiger partial charge in [0.15, 0.2) is 0 Å². The van der Waals surface area contributed by atoms with Crippen molar-refractivity contribution in [1.29, 1.82) is 0 Å². The normalized spacial score (nSPS) is 11.2. The summed E-state index contributed by atoms with van der Waals surface area (Å²) < 4.78 is 38.2. The van der Waals surface area contributed by atoms with Gasteiger partial charge in [0, 0.05) is 17.8 Å². The lowest BCUT2D eigenvalue weighted by molar-refractivity contribution is -0.137. The topological polar surface area (TPSA) is 67.2 Å². The van der Waals surface area contributed by atoms with Crippen LogP contribution < -0.4 is 16.4 Å². The van der Waals surface area contributed by atoms with E-state index in [1.54, 1.807) is 12.1 Å². The van der Waals surface area contributed by atoms with Gasteiger partial charge < -0.3 is 16.4 Å². The van der Waals surface area contributed by atoms with Crippen molar-refractivity contribution in [3.63, 3.8) is 0 Å². The second-order valence-corrected chi connectivity index (χ2v) is 5.26. The number of nitrogens with one attached hydrogen (secondary N) is 2. The van der Waals surface area contributed by atoms with Gasteiger partial charge in [0.2, 0.25) is 0 Å². The Balaban J connectivity index is 2.18. The molecule has 2 rings (SSSR count). The fourth-order valence-electron chi connectivity index (χ4n) is 2.09. The molecule has 0 atom stereocenters. The van der Waals surface area contributed by atoms with Gasteiger partial charge in [0.25, 0.3) is 5.91 Å². The summed E-state index contributed by atoms with van der Waals surface area (Å²) in [6.07, 6.45) is -3.60. The van der Waals surface area contributed by atoms with Crippen molar-refractivity contribution in [3.8, 4) is 0 Å². The van der Waals surface area contributed by atoms with E-state index in [0.29, 0.717) is 17.8 Å². The van der Waals surface area contributed by atoms with E-state index in [1.165, 1.54) is 18.2 Å². The molecule has 2 aromatic carbocycles. The molecule has 0 aliphatic heterocycles. The molecule has 0 spiro atoms. The molecule has 0 bridgehead atoms. The highest BCUT2D eigenvalue weighted by atomic mass is 19.4. The number of anilines is 3. The van der Waals surface area contributed by atoms with Crippen LogP contribution in [0.15, 0.2) is 42.5 Å². The van der Waals surface area contributed by atoms with Gasteiger partial charge in [-0.1, -0.05) is 13.0 Å². The number of benzene rings is 2. The van der Waals surface area contributed by atoms with Crippen LogP contribution in [0.4, 0.5) is 30.2 Å². The lowest BCUT2D eigenvalue weighted by Crippen LogP contribution is -2.24. The monoisotopic (exact) mass is 337 g/mol. The van der Waals surface area contributed by atoms with Crippen molar-refractivity contribution in [1.82, 2.24) is 5.32 Å². The minimum atomic E-state index is -4.41. The third-order valence-electron chi connectivity index (χ3n) is 3.32. The van der Waals surface area contributed by atoms with E-state index in [0.717, 1.165) is 18.6 Å². The first-order valence-corrected chi connectivity index (χ1v) is 7.43. The Morgan fingerprint density at radius 1 is 1.17 bits per heavy atom. The van der Waals surface area contributed by atoms with E-state index < -0.39 is 11.7 Å². The average Bonchev–Trinajstić information content (AvgIpc) is 2.54. The Hall–Kier alpha value is -2.70. The summed E-state index contributed by atoms with van der Waals surface area (Å²) in [5, 5.41) is 5.57. The number of amides is 1. The molecule has 0 aromatic heterocycles. The third kappa shape index (κ3) is 4.41. The second-order valence-electron chi connectivity index (χ2n) is 5.26. The minimum Gasteiger partial charge on any atom is -0.397 e. The first-order chi connectivity index (χ1) is 11.3. The zero-order chi connectivity index (χ0) is 17.7. The van der Waals surface area contributed by atoms with E-state index >= 15 is 0 Å². The summed E-state index contributed by atoms with van der Waals surface area (Å²) in [7, 11) is 0. The number of nitrogens with two attached hydrogens (primary N) is 1. The predicted molar refractivity (Wildman–Crippen MR) is 88.2 cm³/mol. The number of nitrogen functional groups attached to an aromatic ring is 1. The number of hydrogen-bond donors (Lipinski definition) is 3. The van der Waals surface area contributed by atoms with Crippen LogP contribution in [0.2, 0.25) is 0 Å². The third-order valence-corrected chi connectivity index (χ3v) is 3.32. The van der Waals surface area contributed by atoms with Crippen molar-refractivity contribution in [3.05, 3.63) is 53.6 Å². The number of carbonyl (C=O) groups is 1. The van der Waals surface area contributed by atoms with Crippen LogP contribution in [0.5, 0.6) is 0 Å². The summed E-state index contributed by atoms with van der Waals surface area (Å²) in [5.41, 5.74) is 6.51. The van der Waals surface area contributed by atoms with Crippen LogP contribution >= 0.6 is 0 Å². The smallest absolute Gasteiger partial charge is 0.397 e. The van der Waals surface area contributed by atoms with Gasteiger partial charge in [0.1, 0.15) is 0 Å². The molecule has 7 heteroatoms. The zero-order valence-electron chi connectivity index (χ0n) is 13.1. The van der Waals surface area contributed by atoms with Gasteiger partial charge in [-0.25, -0.2) is 0 Å². The van der Waals surface area contributed by atoms with Crippen molar-refractivity contribution >= 4 is 23.0 Å². The number of alkyl halides is 3. The number of hydrogen-bond acceptors (Lipinski definition) is 3. The van der Waals surface area contributed by atoms with E-state index in [4.69, 9.17) is 5.73 Å². The number of carbonyl (C=O) groups excluding carboxylic acids is 1. The molecule has 0 aliphatic rings. The molecule has 4 N–H and O–H groups in total. The Kier molecular flexibility index (Phi) is 5.33. The Bertz CT molecular complexity index is 729. The van der Waals surface area contributed by atoms with Crippen LogP contribution in [0, 0.1) is 0 Å². The SMILES string of the molecule is CCCNC(=O)c1ccc(Nc2cccc(C(F)(F)F)c2)c(N)c1. The van der Waals surface area contributed by atoms with Crippen molar-refractivity contribution in [2.24, 2.45) is 0 Å². The summed E-state index contributed by atoms with van der Waals surface area (Å²) in [5.74, 6) is -0.242. The highest BCUT2D eigenvalue weighted by Gasteiger charge is 2.30. The van der Waals surface area contributed by atoms with Gasteiger partial charge in [-0.05, 0) is 42.8 Å². The molecule has 128 valence electrons. The number of halogens is 3. The van der Waals surface area contributed by atoms with Gasteiger partial charge in [-0.3, -0.25) is 4.79 Å². The van der Waals surface area contributed by atoms with Gasteiger partial charge >= 0.3 is 6.18 Å². The molecule has 0 saturated heterocycles. The van der Waals surface area contributed by atoms with Gasteiger partial charge in [-0.2, -0.15) is 13.2 Å². The molecular formula is C17H18F3N3O. The highest BCUT2D eigenvalue weighted by Crippen LogP contribution is 2.32. The van der Waals surface area contributed by atoms with Gasteiger partial charge in [-0.15, -0.1) is 0 Å². The molecule has 0 heterocycles. The summed E-state index contributed by atoms with van der Waals surface area (Å²) in [6, 6.07) is 9.44. The maximum atomic E-state index is 12.7. The first kappa shape index (κ1) is 17.7. The quantitative estimate of drug-likeness (QED) is 0.717. The standard InChI is InChI=1S/C17H18F3N3O/c1-2-8-22-16(24)11-6-7-15(14(21)9-11)23-13-5-3-4-12(10-13)17(18,19)20/h3-7,9-10,23H,2,8,21H2,1H3,(H,22,24). The zero-order valence-corrected chi connectivity index (χ0v) is 13.1. The van der Waals surface area contributed by atoms with Crippen LogP contribution in [-0.4, -0.2) is 12.5 Å². The highest BCUT2D eigenvalue weighted by molar-refractivity contribution is 5.96. The fraction of sp³-hybridized carbons (Fsp3) is 0.235. The Morgan fingerprint density at radius 3 is 2.54 bits per heavy atom. The maximum absolute atomic E-state index is 12.7. The minimum absolute atomic E-state index is 0.242. The van der Waals surface area contributed by atoms with Gasteiger partial charge in [0.05, 0.1) is 16.9 Å². The predicted octanol–water partition coefficient (Wildman–Crippen LogP) is 4.17. The van der Waals surface area contributed by atoms with Crippen LogP contribution in [0.1, 0.15) is 29.3 Å². The van der Waals surface area contributed by atoms with E-state index in [1.807, 2.05) is 6.92 Å². The number of rotatable bonds is 5. The molecule has 0 aliphatic carbocycles. The van der Waals surface area contributed by atoms with Crippen LogP contribution in [-0.2, 0) is 6.18 Å². The summed E-state index contributed by atoms with van der Waals surface area (Å²) >= 11 is 0. The average molecular weight is 337 g/mol. The molecule has 0 radical (unpaired) electrons. The molecule has 1 amide bonds. The molecule has 2 aromatic rings. The molecule has 24 heavy (non-hydrogen) atoms. The largest absolute Gasteiger partial charge is 0.416 e. The van der Waals surface area contributed by atoms with Crippen LogP contribution in [0.3, 0.4) is 0 Å². The van der Waals surface area contributed by atoms with Crippen molar-refractivity contribution < 1.29 is 18.0 Å². The fourth-order valence-corrected chi connectivity index (χ4v) is 2.09. The van der Waals surface area contributed by atoms with Crippen LogP contribution in [0.25, 0.3) is 0 Å². The molecule has 4 nitrogen and oxygen atoms in total. The maximum Gasteiger partial charge on any atom is 0.416 e. The molecule has 0 fully saturated rings. The molecule has 0 unspecified atom stereocenters. The Labute approximate surface area is 137 Å². The summed E-state index contributed by atoms with van der Waals surface area (Å²) in [4.78, 5) is 11.9. The first-order valence-electron chi connectivity index (χ1n) is 7.43. The van der Waals surface area contributed by atoms with E-state index in [9.17, 15) is 18.0 Å². The van der Waals surface area contributed by atoms with E-state index in [2.05, 4.69) is 10.6 Å².